The lowest BCUT2D eigenvalue weighted by molar-refractivity contribution is 0.0561. The smallest absolute Gasteiger partial charge is 0.126 e. The molecule has 132 valence electrons. The second kappa shape index (κ2) is 7.92. The van der Waals surface area contributed by atoms with E-state index in [-0.39, 0.29) is 5.60 Å². The Bertz CT molecular complexity index is 636. The third-order valence-corrected chi connectivity index (χ3v) is 4.87. The van der Waals surface area contributed by atoms with Gasteiger partial charge in [0.05, 0.1) is 0 Å². The Hall–Kier alpha value is -1.70. The van der Waals surface area contributed by atoms with Crippen LogP contribution in [0.4, 0.5) is 0 Å². The highest BCUT2D eigenvalue weighted by Gasteiger charge is 2.31. The number of hydrogen-bond acceptors (Lipinski definition) is 2. The van der Waals surface area contributed by atoms with Gasteiger partial charge in [0, 0.05) is 0 Å². The maximum Gasteiger partial charge on any atom is 0.126 e. The van der Waals surface area contributed by atoms with E-state index in [1.54, 1.807) is 6.07 Å². The Morgan fingerprint density at radius 2 is 1.96 bits per heavy atom. The van der Waals surface area contributed by atoms with Crippen LogP contribution >= 0.6 is 0 Å². The Balaban J connectivity index is 1.92. The van der Waals surface area contributed by atoms with Crippen molar-refractivity contribution in [3.63, 3.8) is 0 Å². The lowest BCUT2D eigenvalue weighted by Gasteiger charge is -2.36. The van der Waals surface area contributed by atoms with Gasteiger partial charge in [0.25, 0.3) is 0 Å². The molecule has 0 bridgehead atoms. The van der Waals surface area contributed by atoms with Crippen molar-refractivity contribution < 1.29 is 9.84 Å². The Labute approximate surface area is 147 Å². The highest BCUT2D eigenvalue weighted by Crippen LogP contribution is 2.39. The Morgan fingerprint density at radius 3 is 2.67 bits per heavy atom. The van der Waals surface area contributed by atoms with E-state index in [9.17, 15) is 5.11 Å². The molecule has 0 fully saturated rings. The molecule has 1 aromatic rings. The zero-order chi connectivity index (χ0) is 17.7. The van der Waals surface area contributed by atoms with Crippen LogP contribution in [-0.4, -0.2) is 10.7 Å². The van der Waals surface area contributed by atoms with Gasteiger partial charge in [-0.1, -0.05) is 23.3 Å². The van der Waals surface area contributed by atoms with Gasteiger partial charge in [-0.25, -0.2) is 0 Å². The number of hydrogen-bond donors (Lipinski definition) is 1. The second-order valence-electron chi connectivity index (χ2n) is 7.71. The number of fused-ring (bicyclic) bond motifs is 1. The number of aryl methyl sites for hydroxylation is 2. The number of ether oxygens (including phenoxy) is 1. The van der Waals surface area contributed by atoms with Gasteiger partial charge in [-0.15, -0.1) is 0 Å². The summed E-state index contributed by atoms with van der Waals surface area (Å²) in [6.07, 6.45) is 11.0. The van der Waals surface area contributed by atoms with Crippen molar-refractivity contribution in [1.82, 2.24) is 0 Å². The normalized spacial score (nSPS) is 20.3. The predicted octanol–water partition coefficient (Wildman–Crippen LogP) is 6.26. The molecule has 2 rings (SSSR count). The van der Waals surface area contributed by atoms with Crippen LogP contribution in [0, 0.1) is 6.92 Å². The highest BCUT2D eigenvalue weighted by molar-refractivity contribution is 5.47. The van der Waals surface area contributed by atoms with Crippen LogP contribution in [0.1, 0.15) is 70.9 Å². The molecule has 1 aliphatic rings. The second-order valence-corrected chi connectivity index (χ2v) is 7.71. The summed E-state index contributed by atoms with van der Waals surface area (Å²) in [5.41, 5.74) is 4.92. The van der Waals surface area contributed by atoms with E-state index in [1.807, 2.05) is 13.0 Å². The number of benzene rings is 1. The van der Waals surface area contributed by atoms with Crippen LogP contribution in [0.2, 0.25) is 0 Å². The number of phenols is 1. The fraction of sp³-hybridized carbons (Fsp3) is 0.545. The summed E-state index contributed by atoms with van der Waals surface area (Å²) < 4.78 is 6.35. The van der Waals surface area contributed by atoms with Gasteiger partial charge in [0.1, 0.15) is 17.1 Å². The first-order chi connectivity index (χ1) is 11.3. The molecule has 0 unspecified atom stereocenters. The summed E-state index contributed by atoms with van der Waals surface area (Å²) in [4.78, 5) is 0. The van der Waals surface area contributed by atoms with Crippen LogP contribution in [-0.2, 0) is 6.42 Å². The molecule has 1 aromatic carbocycles. The summed E-state index contributed by atoms with van der Waals surface area (Å²) >= 11 is 0. The molecule has 0 saturated carbocycles. The minimum Gasteiger partial charge on any atom is -0.508 e. The van der Waals surface area contributed by atoms with Crippen LogP contribution in [0.5, 0.6) is 11.5 Å². The van der Waals surface area contributed by atoms with E-state index in [1.165, 1.54) is 11.1 Å². The molecule has 24 heavy (non-hydrogen) atoms. The van der Waals surface area contributed by atoms with Crippen molar-refractivity contribution in [2.24, 2.45) is 0 Å². The number of aromatic hydroxyl groups is 1. The van der Waals surface area contributed by atoms with Gasteiger partial charge < -0.3 is 9.84 Å². The van der Waals surface area contributed by atoms with Crippen molar-refractivity contribution in [2.45, 2.75) is 78.7 Å². The summed E-state index contributed by atoms with van der Waals surface area (Å²) in [7, 11) is 0. The molecule has 0 aromatic heterocycles. The Morgan fingerprint density at radius 1 is 1.21 bits per heavy atom. The number of phenolic OH excluding ortho intramolecular Hbond substituents is 1. The van der Waals surface area contributed by atoms with Crippen LogP contribution < -0.4 is 4.74 Å². The average Bonchev–Trinajstić information content (AvgIpc) is 2.48. The monoisotopic (exact) mass is 328 g/mol. The van der Waals surface area contributed by atoms with E-state index in [0.29, 0.717) is 5.75 Å². The van der Waals surface area contributed by atoms with Gasteiger partial charge in [0.15, 0.2) is 0 Å². The Kier molecular flexibility index (Phi) is 6.15. The number of rotatable bonds is 6. The van der Waals surface area contributed by atoms with E-state index in [2.05, 4.69) is 39.8 Å². The number of allylic oxidation sites excluding steroid dienone is 4. The first kappa shape index (κ1) is 18.6. The van der Waals surface area contributed by atoms with Crippen molar-refractivity contribution in [2.75, 3.05) is 0 Å². The summed E-state index contributed by atoms with van der Waals surface area (Å²) in [6, 6.07) is 3.63. The van der Waals surface area contributed by atoms with E-state index < -0.39 is 0 Å². The third-order valence-electron chi connectivity index (χ3n) is 4.87. The van der Waals surface area contributed by atoms with E-state index in [4.69, 9.17) is 4.74 Å². The standard InChI is InChI=1S/C22H32O2/c1-16(2)8-6-9-17(3)10-7-12-22(5)13-11-19-15-20(23)14-18(4)21(19)24-22/h8,10,14-15,23H,6-7,9,11-13H2,1-5H3/t22-/m0/s1. The van der Waals surface area contributed by atoms with Crippen molar-refractivity contribution in [3.05, 3.63) is 46.6 Å². The summed E-state index contributed by atoms with van der Waals surface area (Å²) in [5.74, 6) is 1.32. The first-order valence-electron chi connectivity index (χ1n) is 9.09. The lowest BCUT2D eigenvalue weighted by Crippen LogP contribution is -2.36. The van der Waals surface area contributed by atoms with Crippen molar-refractivity contribution in [3.8, 4) is 11.5 Å². The lowest BCUT2D eigenvalue weighted by atomic mass is 9.87. The molecule has 1 atom stereocenters. The van der Waals surface area contributed by atoms with Crippen LogP contribution in [0.15, 0.2) is 35.4 Å². The molecule has 1 heterocycles. The van der Waals surface area contributed by atoms with Gasteiger partial charge >= 0.3 is 0 Å². The van der Waals surface area contributed by atoms with Gasteiger partial charge in [-0.3, -0.25) is 0 Å². The van der Waals surface area contributed by atoms with Crippen LogP contribution in [0.25, 0.3) is 0 Å². The zero-order valence-electron chi connectivity index (χ0n) is 15.9. The van der Waals surface area contributed by atoms with Gasteiger partial charge in [-0.05, 0) is 96.4 Å². The molecule has 0 radical (unpaired) electrons. The summed E-state index contributed by atoms with van der Waals surface area (Å²) in [6.45, 7) is 10.8. The van der Waals surface area contributed by atoms with Gasteiger partial charge in [0.2, 0.25) is 0 Å². The molecule has 1 aliphatic heterocycles. The molecule has 0 aliphatic carbocycles. The van der Waals surface area contributed by atoms with Crippen molar-refractivity contribution >= 4 is 0 Å². The molecule has 0 spiro atoms. The maximum atomic E-state index is 9.74. The first-order valence-corrected chi connectivity index (χ1v) is 9.09. The minimum atomic E-state index is -0.106. The fourth-order valence-electron chi connectivity index (χ4n) is 3.35. The van der Waals surface area contributed by atoms with Crippen LogP contribution in [0.3, 0.4) is 0 Å². The maximum absolute atomic E-state index is 9.74. The molecule has 2 nitrogen and oxygen atoms in total. The van der Waals surface area contributed by atoms with Gasteiger partial charge in [-0.2, -0.15) is 0 Å². The topological polar surface area (TPSA) is 29.5 Å². The largest absolute Gasteiger partial charge is 0.508 e. The molecular formula is C22H32O2. The highest BCUT2D eigenvalue weighted by atomic mass is 16.5. The zero-order valence-corrected chi connectivity index (χ0v) is 15.9. The quantitative estimate of drug-likeness (QED) is 0.625. The third kappa shape index (κ3) is 5.15. The molecular weight excluding hydrogens is 296 g/mol. The fourth-order valence-corrected chi connectivity index (χ4v) is 3.35. The minimum absolute atomic E-state index is 0.106. The molecule has 0 amide bonds. The molecule has 0 saturated heterocycles. The van der Waals surface area contributed by atoms with Crippen molar-refractivity contribution in [1.29, 1.82) is 0 Å². The average molecular weight is 328 g/mol. The SMILES string of the molecule is CC(C)=CCCC(C)=CCC[C@@]1(C)CCc2cc(O)cc(C)c2O1. The summed E-state index contributed by atoms with van der Waals surface area (Å²) in [5, 5.41) is 9.74. The van der Waals surface area contributed by atoms with E-state index >= 15 is 0 Å². The molecule has 1 N–H and O–H groups in total. The van der Waals surface area contributed by atoms with E-state index in [0.717, 1.165) is 55.4 Å². The molecule has 2 heteroatoms. The predicted molar refractivity (Wildman–Crippen MR) is 102 cm³/mol.